The SMILES string of the molecule is CC(=O)SCc1cc(Cl)c(C)cc1Cl. The third-order valence-corrected chi connectivity index (χ3v) is 3.38. The van der Waals surface area contributed by atoms with Crippen molar-refractivity contribution >= 4 is 40.1 Å². The second-order valence-corrected chi connectivity index (χ2v) is 4.94. The fraction of sp³-hybridized carbons (Fsp3) is 0.300. The summed E-state index contributed by atoms with van der Waals surface area (Å²) in [5, 5.41) is 1.44. The average molecular weight is 249 g/mol. The normalized spacial score (nSPS) is 10.3. The van der Waals surface area contributed by atoms with E-state index >= 15 is 0 Å². The third-order valence-electron chi connectivity index (χ3n) is 1.76. The average Bonchev–Trinajstić information content (AvgIpc) is 2.09. The van der Waals surface area contributed by atoms with Gasteiger partial charge >= 0.3 is 0 Å². The van der Waals surface area contributed by atoms with Gasteiger partial charge in [0.05, 0.1) is 0 Å². The summed E-state index contributed by atoms with van der Waals surface area (Å²) in [6.45, 7) is 3.43. The van der Waals surface area contributed by atoms with Crippen LogP contribution in [-0.4, -0.2) is 5.12 Å². The van der Waals surface area contributed by atoms with Crippen LogP contribution in [-0.2, 0) is 10.5 Å². The predicted octanol–water partition coefficient (Wildman–Crippen LogP) is 4.08. The van der Waals surface area contributed by atoms with Gasteiger partial charge in [-0.05, 0) is 30.2 Å². The van der Waals surface area contributed by atoms with Gasteiger partial charge in [0.25, 0.3) is 0 Å². The van der Waals surface area contributed by atoms with E-state index < -0.39 is 0 Å². The summed E-state index contributed by atoms with van der Waals surface area (Å²) < 4.78 is 0. The van der Waals surface area contributed by atoms with Crippen LogP contribution in [0.25, 0.3) is 0 Å². The van der Waals surface area contributed by atoms with E-state index in [2.05, 4.69) is 0 Å². The summed E-state index contributed by atoms with van der Waals surface area (Å²) in [6, 6.07) is 3.63. The van der Waals surface area contributed by atoms with Crippen LogP contribution in [0, 0.1) is 6.92 Å². The van der Waals surface area contributed by atoms with Gasteiger partial charge in [0.2, 0.25) is 0 Å². The molecule has 0 unspecified atom stereocenters. The lowest BCUT2D eigenvalue weighted by atomic mass is 10.2. The van der Waals surface area contributed by atoms with Crippen molar-refractivity contribution in [2.45, 2.75) is 19.6 Å². The van der Waals surface area contributed by atoms with Crippen molar-refractivity contribution in [2.75, 3.05) is 0 Å². The molecular formula is C10H10Cl2OS. The van der Waals surface area contributed by atoms with E-state index in [0.29, 0.717) is 15.8 Å². The van der Waals surface area contributed by atoms with Gasteiger partial charge < -0.3 is 0 Å². The summed E-state index contributed by atoms with van der Waals surface area (Å²) in [5.74, 6) is 0.578. The van der Waals surface area contributed by atoms with Crippen molar-refractivity contribution in [3.8, 4) is 0 Å². The fourth-order valence-corrected chi connectivity index (χ4v) is 2.13. The van der Waals surface area contributed by atoms with Gasteiger partial charge in [-0.25, -0.2) is 0 Å². The summed E-state index contributed by atoms with van der Waals surface area (Å²) >= 11 is 13.2. The first kappa shape index (κ1) is 11.9. The Bertz CT molecular complexity index is 363. The van der Waals surface area contributed by atoms with Crippen molar-refractivity contribution in [1.82, 2.24) is 0 Å². The second-order valence-electron chi connectivity index (χ2n) is 2.97. The zero-order chi connectivity index (χ0) is 10.7. The molecule has 0 fully saturated rings. The molecule has 0 saturated carbocycles. The summed E-state index contributed by atoms with van der Waals surface area (Å²) in [6.07, 6.45) is 0. The Morgan fingerprint density at radius 1 is 1.36 bits per heavy atom. The zero-order valence-corrected chi connectivity index (χ0v) is 10.3. The van der Waals surface area contributed by atoms with Crippen molar-refractivity contribution < 1.29 is 4.79 Å². The van der Waals surface area contributed by atoms with Crippen LogP contribution in [0.3, 0.4) is 0 Å². The lowest BCUT2D eigenvalue weighted by Crippen LogP contribution is -1.88. The lowest BCUT2D eigenvalue weighted by Gasteiger charge is -2.05. The maximum atomic E-state index is 10.8. The quantitative estimate of drug-likeness (QED) is 0.785. The van der Waals surface area contributed by atoms with Crippen LogP contribution in [0.15, 0.2) is 12.1 Å². The molecular weight excluding hydrogens is 239 g/mol. The summed E-state index contributed by atoms with van der Waals surface area (Å²) in [4.78, 5) is 10.8. The van der Waals surface area contributed by atoms with Gasteiger partial charge in [-0.2, -0.15) is 0 Å². The second kappa shape index (κ2) is 5.06. The topological polar surface area (TPSA) is 17.1 Å². The van der Waals surface area contributed by atoms with Gasteiger partial charge in [0.15, 0.2) is 5.12 Å². The number of hydrogen-bond acceptors (Lipinski definition) is 2. The Morgan fingerprint density at radius 3 is 2.57 bits per heavy atom. The van der Waals surface area contributed by atoms with E-state index in [4.69, 9.17) is 23.2 Å². The molecule has 0 radical (unpaired) electrons. The third kappa shape index (κ3) is 3.19. The van der Waals surface area contributed by atoms with Crippen LogP contribution in [0.1, 0.15) is 18.1 Å². The van der Waals surface area contributed by atoms with Crippen molar-refractivity contribution in [2.24, 2.45) is 0 Å². The molecule has 0 N–H and O–H groups in total. The Labute approximate surface area is 97.8 Å². The van der Waals surface area contributed by atoms with Gasteiger partial charge in [0, 0.05) is 22.7 Å². The van der Waals surface area contributed by atoms with Gasteiger partial charge in [0.1, 0.15) is 0 Å². The first-order valence-corrected chi connectivity index (χ1v) is 5.82. The molecule has 14 heavy (non-hydrogen) atoms. The number of aryl methyl sites for hydroxylation is 1. The molecule has 1 nitrogen and oxygen atoms in total. The first-order valence-electron chi connectivity index (χ1n) is 4.08. The number of rotatable bonds is 2. The summed E-state index contributed by atoms with van der Waals surface area (Å²) in [7, 11) is 0. The van der Waals surface area contributed by atoms with Crippen LogP contribution in [0.5, 0.6) is 0 Å². The largest absolute Gasteiger partial charge is 0.288 e. The van der Waals surface area contributed by atoms with Crippen LogP contribution < -0.4 is 0 Å². The predicted molar refractivity (Wildman–Crippen MR) is 63.2 cm³/mol. The minimum atomic E-state index is 0.0813. The maximum absolute atomic E-state index is 10.8. The minimum absolute atomic E-state index is 0.0813. The van der Waals surface area contributed by atoms with E-state index in [0.717, 1.165) is 11.1 Å². The van der Waals surface area contributed by atoms with Crippen LogP contribution in [0.2, 0.25) is 10.0 Å². The zero-order valence-electron chi connectivity index (χ0n) is 7.93. The number of carbonyl (C=O) groups excluding carboxylic acids is 1. The Morgan fingerprint density at radius 2 is 2.00 bits per heavy atom. The number of benzene rings is 1. The molecule has 0 heterocycles. The molecule has 4 heteroatoms. The van der Waals surface area contributed by atoms with Crippen molar-refractivity contribution in [3.05, 3.63) is 33.3 Å². The molecule has 0 bridgehead atoms. The number of hydrogen-bond donors (Lipinski definition) is 0. The molecule has 76 valence electrons. The van der Waals surface area contributed by atoms with Gasteiger partial charge in [-0.3, -0.25) is 4.79 Å². The Balaban J connectivity index is 2.87. The highest BCUT2D eigenvalue weighted by atomic mass is 35.5. The standard InChI is InChI=1S/C10H10Cl2OS/c1-6-3-10(12)8(4-9(6)11)5-14-7(2)13/h3-4H,5H2,1-2H3. The molecule has 0 saturated heterocycles. The smallest absolute Gasteiger partial charge is 0.186 e. The molecule has 0 aliphatic heterocycles. The maximum Gasteiger partial charge on any atom is 0.186 e. The minimum Gasteiger partial charge on any atom is -0.288 e. The fourth-order valence-electron chi connectivity index (χ4n) is 0.977. The van der Waals surface area contributed by atoms with E-state index in [-0.39, 0.29) is 5.12 Å². The highest BCUT2D eigenvalue weighted by Gasteiger charge is 2.05. The van der Waals surface area contributed by atoms with E-state index in [9.17, 15) is 4.79 Å². The monoisotopic (exact) mass is 248 g/mol. The number of thioether (sulfide) groups is 1. The highest BCUT2D eigenvalue weighted by Crippen LogP contribution is 2.27. The van der Waals surface area contributed by atoms with E-state index in [1.54, 1.807) is 0 Å². The van der Waals surface area contributed by atoms with E-state index in [1.165, 1.54) is 18.7 Å². The molecule has 0 aliphatic rings. The van der Waals surface area contributed by atoms with Crippen molar-refractivity contribution in [1.29, 1.82) is 0 Å². The highest BCUT2D eigenvalue weighted by molar-refractivity contribution is 8.12. The molecule has 0 aromatic heterocycles. The van der Waals surface area contributed by atoms with E-state index in [1.807, 2.05) is 19.1 Å². The van der Waals surface area contributed by atoms with Crippen molar-refractivity contribution in [3.63, 3.8) is 0 Å². The Hall–Kier alpha value is -0.180. The lowest BCUT2D eigenvalue weighted by molar-refractivity contribution is -0.109. The number of carbonyl (C=O) groups is 1. The van der Waals surface area contributed by atoms with Gasteiger partial charge in [-0.1, -0.05) is 35.0 Å². The molecule has 1 rings (SSSR count). The molecule has 0 atom stereocenters. The first-order chi connectivity index (χ1) is 6.50. The number of halogens is 2. The molecule has 0 aliphatic carbocycles. The molecule has 0 spiro atoms. The Kier molecular flexibility index (Phi) is 4.30. The summed E-state index contributed by atoms with van der Waals surface area (Å²) in [5.41, 5.74) is 1.86. The molecule has 1 aromatic carbocycles. The van der Waals surface area contributed by atoms with Crippen LogP contribution in [0.4, 0.5) is 0 Å². The van der Waals surface area contributed by atoms with Gasteiger partial charge in [-0.15, -0.1) is 0 Å². The molecule has 0 amide bonds. The molecule has 1 aromatic rings. The van der Waals surface area contributed by atoms with Crippen LogP contribution >= 0.6 is 35.0 Å².